The van der Waals surface area contributed by atoms with Gasteiger partial charge in [-0.25, -0.2) is 9.78 Å². The zero-order valence-corrected chi connectivity index (χ0v) is 14.8. The summed E-state index contributed by atoms with van der Waals surface area (Å²) in [6.07, 6.45) is -0.515. The second-order valence-electron chi connectivity index (χ2n) is 4.86. The number of rotatable bonds is 5. The van der Waals surface area contributed by atoms with Crippen LogP contribution < -0.4 is 33.1 Å². The zero-order chi connectivity index (χ0) is 16.2. The zero-order valence-electron chi connectivity index (χ0n) is 14.1. The molecule has 0 aliphatic heterocycles. The SMILES string of the molecule is COc1nc(Cl)[c-]c(OC(=O)N(C(C)C)C(C)C)c1OC.[Li+]. The van der Waals surface area contributed by atoms with Gasteiger partial charge in [-0.1, -0.05) is 11.6 Å². The molecule has 8 heteroatoms. The van der Waals surface area contributed by atoms with E-state index in [1.165, 1.54) is 14.2 Å². The van der Waals surface area contributed by atoms with Gasteiger partial charge in [0.05, 0.1) is 20.0 Å². The molecule has 0 aliphatic carbocycles. The van der Waals surface area contributed by atoms with E-state index in [0.717, 1.165) is 0 Å². The Morgan fingerprint density at radius 3 is 2.14 bits per heavy atom. The van der Waals surface area contributed by atoms with Crippen molar-refractivity contribution in [2.45, 2.75) is 39.8 Å². The number of pyridine rings is 1. The molecule has 22 heavy (non-hydrogen) atoms. The smallest absolute Gasteiger partial charge is 0.573 e. The molecule has 0 saturated heterocycles. The minimum atomic E-state index is -0.515. The van der Waals surface area contributed by atoms with E-state index in [0.29, 0.717) is 0 Å². The average Bonchev–Trinajstić information content (AvgIpc) is 2.36. The van der Waals surface area contributed by atoms with Crippen molar-refractivity contribution in [2.75, 3.05) is 14.2 Å². The Morgan fingerprint density at radius 2 is 1.73 bits per heavy atom. The molecule has 1 amide bonds. The molecule has 0 bridgehead atoms. The van der Waals surface area contributed by atoms with Crippen molar-refractivity contribution in [1.29, 1.82) is 0 Å². The molecule has 0 saturated carbocycles. The molecule has 0 unspecified atom stereocenters. The first-order valence-electron chi connectivity index (χ1n) is 6.52. The van der Waals surface area contributed by atoms with Crippen molar-refractivity contribution in [2.24, 2.45) is 0 Å². The van der Waals surface area contributed by atoms with Gasteiger partial charge in [0.25, 0.3) is 0 Å². The topological polar surface area (TPSA) is 60.9 Å². The molecule has 118 valence electrons. The van der Waals surface area contributed by atoms with Crippen LogP contribution in [0.2, 0.25) is 5.15 Å². The van der Waals surface area contributed by atoms with Crippen molar-refractivity contribution in [3.63, 3.8) is 0 Å². The number of hydrogen-bond acceptors (Lipinski definition) is 5. The Hall–Kier alpha value is -1.09. The van der Waals surface area contributed by atoms with Crippen LogP contribution in [0.3, 0.4) is 0 Å². The number of halogens is 1. The summed E-state index contributed by atoms with van der Waals surface area (Å²) in [5.41, 5.74) is 0. The molecule has 1 heterocycles. The summed E-state index contributed by atoms with van der Waals surface area (Å²) >= 11 is 5.84. The van der Waals surface area contributed by atoms with Crippen LogP contribution in [0.5, 0.6) is 17.4 Å². The Morgan fingerprint density at radius 1 is 1.18 bits per heavy atom. The molecule has 1 rings (SSSR count). The number of nitrogens with zero attached hydrogens (tertiary/aromatic N) is 2. The summed E-state index contributed by atoms with van der Waals surface area (Å²) in [7, 11) is 2.84. The molecule has 6 nitrogen and oxygen atoms in total. The van der Waals surface area contributed by atoms with Gasteiger partial charge in [0.2, 0.25) is 0 Å². The number of amides is 1. The van der Waals surface area contributed by atoms with E-state index >= 15 is 0 Å². The van der Waals surface area contributed by atoms with Crippen molar-refractivity contribution in [3.05, 3.63) is 11.2 Å². The fraction of sp³-hybridized carbons (Fsp3) is 0.571. The van der Waals surface area contributed by atoms with E-state index in [2.05, 4.69) is 11.1 Å². The number of hydrogen-bond donors (Lipinski definition) is 0. The molecule has 1 aromatic rings. The number of methoxy groups -OCH3 is 2. The predicted molar refractivity (Wildman–Crippen MR) is 79.3 cm³/mol. The van der Waals surface area contributed by atoms with E-state index in [1.807, 2.05) is 27.7 Å². The van der Waals surface area contributed by atoms with E-state index in [1.54, 1.807) is 4.90 Å². The standard InChI is InChI=1S/C14H20ClN2O4.Li/c1-8(2)17(9(3)4)14(18)21-10-7-11(15)16-13(20-6)12(10)19-5;/h8-9H,1-6H3;/q-1;+1. The Labute approximate surface area is 148 Å². The van der Waals surface area contributed by atoms with Gasteiger partial charge in [0.1, 0.15) is 0 Å². The first-order chi connectivity index (χ1) is 9.81. The Kier molecular flexibility index (Phi) is 8.68. The van der Waals surface area contributed by atoms with Gasteiger partial charge in [0, 0.05) is 23.0 Å². The van der Waals surface area contributed by atoms with Crippen molar-refractivity contribution in [1.82, 2.24) is 9.88 Å². The van der Waals surface area contributed by atoms with Gasteiger partial charge in [-0.2, -0.15) is 6.07 Å². The van der Waals surface area contributed by atoms with Crippen LogP contribution in [0, 0.1) is 6.07 Å². The third kappa shape index (κ3) is 4.98. The molecule has 0 aliphatic rings. The maximum Gasteiger partial charge on any atom is 1.00 e. The second kappa shape index (κ2) is 9.14. The quantitative estimate of drug-likeness (QED) is 0.439. The van der Waals surface area contributed by atoms with E-state index < -0.39 is 6.09 Å². The monoisotopic (exact) mass is 322 g/mol. The molecular weight excluding hydrogens is 303 g/mol. The van der Waals surface area contributed by atoms with Crippen LogP contribution in [0.1, 0.15) is 27.7 Å². The predicted octanol–water partition coefficient (Wildman–Crippen LogP) is 0.174. The first kappa shape index (κ1) is 20.9. The molecule has 0 N–H and O–H groups in total. The second-order valence-corrected chi connectivity index (χ2v) is 5.22. The summed E-state index contributed by atoms with van der Waals surface area (Å²) in [5, 5.41) is 0.0242. The largest absolute Gasteiger partial charge is 1.00 e. The van der Waals surface area contributed by atoms with Crippen LogP contribution >= 0.6 is 11.6 Å². The maximum absolute atomic E-state index is 12.3. The molecule has 0 fully saturated rings. The summed E-state index contributed by atoms with van der Waals surface area (Å²) in [4.78, 5) is 17.8. The Bertz CT molecular complexity index is 504. The minimum Gasteiger partial charge on any atom is -0.573 e. The fourth-order valence-electron chi connectivity index (χ4n) is 1.96. The van der Waals surface area contributed by atoms with Gasteiger partial charge >= 0.3 is 25.0 Å². The average molecular weight is 323 g/mol. The molecule has 0 aromatic carbocycles. The van der Waals surface area contributed by atoms with Gasteiger partial charge < -0.3 is 19.1 Å². The van der Waals surface area contributed by atoms with Crippen molar-refractivity contribution < 1.29 is 37.9 Å². The number of ether oxygens (including phenoxy) is 3. The molecule has 1 aromatic heterocycles. The van der Waals surface area contributed by atoms with Crippen LogP contribution in [-0.4, -0.2) is 42.3 Å². The Balaban J connectivity index is 0.00000441. The van der Waals surface area contributed by atoms with E-state index in [9.17, 15) is 4.79 Å². The summed E-state index contributed by atoms with van der Waals surface area (Å²) in [6, 6.07) is 2.62. The molecule has 0 radical (unpaired) electrons. The van der Waals surface area contributed by atoms with Crippen LogP contribution in [0.4, 0.5) is 4.79 Å². The van der Waals surface area contributed by atoms with Crippen LogP contribution in [-0.2, 0) is 0 Å². The molecule has 0 spiro atoms. The van der Waals surface area contributed by atoms with Gasteiger partial charge in [-0.3, -0.25) is 0 Å². The minimum absolute atomic E-state index is 0. The number of carbonyl (C=O) groups is 1. The van der Waals surface area contributed by atoms with E-state index in [-0.39, 0.29) is 53.5 Å². The first-order valence-corrected chi connectivity index (χ1v) is 6.90. The summed E-state index contributed by atoms with van der Waals surface area (Å²) in [6.45, 7) is 7.62. The van der Waals surface area contributed by atoms with Gasteiger partial charge in [0.15, 0.2) is 5.88 Å². The van der Waals surface area contributed by atoms with Crippen molar-refractivity contribution >= 4 is 17.7 Å². The normalized spacial score (nSPS) is 10.2. The fourth-order valence-corrected chi connectivity index (χ4v) is 2.13. The van der Waals surface area contributed by atoms with Crippen LogP contribution in [0.15, 0.2) is 0 Å². The van der Waals surface area contributed by atoms with Gasteiger partial charge in [-0.05, 0) is 27.7 Å². The summed E-state index contributed by atoms with van der Waals surface area (Å²) in [5.74, 6) is 0.345. The third-order valence-corrected chi connectivity index (χ3v) is 2.91. The number of aromatic nitrogens is 1. The van der Waals surface area contributed by atoms with E-state index in [4.69, 9.17) is 25.8 Å². The van der Waals surface area contributed by atoms with Crippen molar-refractivity contribution in [3.8, 4) is 17.4 Å². The number of carbonyl (C=O) groups excluding carboxylic acids is 1. The maximum atomic E-state index is 12.3. The van der Waals surface area contributed by atoms with Gasteiger partial charge in [-0.15, -0.1) is 0 Å². The van der Waals surface area contributed by atoms with Crippen LogP contribution in [0.25, 0.3) is 0 Å². The molecular formula is C14H20ClLiN2O4. The molecule has 0 atom stereocenters. The third-order valence-electron chi connectivity index (χ3n) is 2.73. The summed E-state index contributed by atoms with van der Waals surface area (Å²) < 4.78 is 15.5.